The van der Waals surface area contributed by atoms with Crippen LogP contribution in [0.5, 0.6) is 5.75 Å². The van der Waals surface area contributed by atoms with E-state index in [2.05, 4.69) is 20.6 Å². The molecule has 0 bridgehead atoms. The Hall–Kier alpha value is -3.87. The first-order chi connectivity index (χ1) is 16.0. The van der Waals surface area contributed by atoms with Gasteiger partial charge < -0.3 is 15.7 Å². The minimum absolute atomic E-state index is 0.154. The van der Waals surface area contributed by atoms with Gasteiger partial charge in [0.25, 0.3) is 0 Å². The van der Waals surface area contributed by atoms with Gasteiger partial charge >= 0.3 is 0 Å². The van der Waals surface area contributed by atoms with E-state index in [1.54, 1.807) is 79.1 Å². The topological polar surface area (TPSA) is 87.1 Å². The highest BCUT2D eigenvalue weighted by molar-refractivity contribution is 6.36. The number of aromatic hydroxyl groups is 1. The molecule has 0 aliphatic rings. The number of ketones is 1. The average Bonchev–Trinajstić information content (AvgIpc) is 2.82. The summed E-state index contributed by atoms with van der Waals surface area (Å²) in [5.74, 6) is 0.875. The number of hydrogen-bond acceptors (Lipinski definition) is 6. The molecule has 0 radical (unpaired) electrons. The Morgan fingerprint density at radius 3 is 2.36 bits per heavy atom. The maximum atomic E-state index is 13.0. The van der Waals surface area contributed by atoms with Gasteiger partial charge in [-0.1, -0.05) is 23.2 Å². The second kappa shape index (κ2) is 10.2. The van der Waals surface area contributed by atoms with Crippen molar-refractivity contribution in [1.29, 1.82) is 0 Å². The lowest BCUT2D eigenvalue weighted by Gasteiger charge is -2.11. The molecule has 0 saturated carbocycles. The summed E-state index contributed by atoms with van der Waals surface area (Å²) < 4.78 is 0. The summed E-state index contributed by atoms with van der Waals surface area (Å²) in [4.78, 5) is 21.6. The molecule has 4 aromatic rings. The summed E-state index contributed by atoms with van der Waals surface area (Å²) in [6.07, 6.45) is 6.39. The van der Waals surface area contributed by atoms with Crippen LogP contribution in [0, 0.1) is 0 Å². The van der Waals surface area contributed by atoms with Gasteiger partial charge in [-0.05, 0) is 78.9 Å². The number of allylic oxidation sites excluding steroid dienone is 1. The molecule has 4 rings (SSSR count). The smallest absolute Gasteiger partial charge is 0.189 e. The van der Waals surface area contributed by atoms with Crippen LogP contribution in [0.3, 0.4) is 0 Å². The molecule has 6 nitrogen and oxygen atoms in total. The normalized spacial score (nSPS) is 10.8. The third kappa shape index (κ3) is 5.68. The van der Waals surface area contributed by atoms with Crippen molar-refractivity contribution in [2.75, 3.05) is 10.6 Å². The molecule has 0 amide bonds. The van der Waals surface area contributed by atoms with Crippen molar-refractivity contribution in [3.63, 3.8) is 0 Å². The standard InChI is InChI=1S/C25H18Cl2N4O2/c26-17-6-11-22(21(27)15-17)31-24-16(3-1-13-28-24)5-12-23(33)20-4-2-14-29-25(20)30-18-7-9-19(32)10-8-18/h1-15,32H,(H,28,31)(H,29,30). The number of hydrogen-bond donors (Lipinski definition) is 3. The van der Waals surface area contributed by atoms with E-state index in [1.807, 2.05) is 6.07 Å². The zero-order valence-electron chi connectivity index (χ0n) is 17.2. The van der Waals surface area contributed by atoms with Gasteiger partial charge in [-0.2, -0.15) is 0 Å². The summed E-state index contributed by atoms with van der Waals surface area (Å²) in [7, 11) is 0. The molecule has 0 unspecified atom stereocenters. The van der Waals surface area contributed by atoms with Crippen molar-refractivity contribution >= 4 is 58.1 Å². The third-order valence-corrected chi connectivity index (χ3v) is 5.19. The van der Waals surface area contributed by atoms with Crippen LogP contribution in [0.4, 0.5) is 23.0 Å². The summed E-state index contributed by atoms with van der Waals surface area (Å²) in [6.45, 7) is 0. The Morgan fingerprint density at radius 1 is 0.879 bits per heavy atom. The van der Waals surface area contributed by atoms with Gasteiger partial charge in [0.2, 0.25) is 0 Å². The van der Waals surface area contributed by atoms with Crippen LogP contribution in [0.15, 0.2) is 85.2 Å². The van der Waals surface area contributed by atoms with Crippen LogP contribution < -0.4 is 10.6 Å². The van der Waals surface area contributed by atoms with E-state index in [9.17, 15) is 9.90 Å². The van der Waals surface area contributed by atoms with Gasteiger partial charge in [-0.15, -0.1) is 0 Å². The SMILES string of the molecule is O=C(C=Cc1cccnc1Nc1ccc(Cl)cc1Cl)c1cccnc1Nc1ccc(O)cc1. The molecule has 0 saturated heterocycles. The Labute approximate surface area is 200 Å². The molecule has 3 N–H and O–H groups in total. The number of benzene rings is 2. The molecule has 0 fully saturated rings. The minimum atomic E-state index is -0.233. The van der Waals surface area contributed by atoms with E-state index in [0.717, 1.165) is 0 Å². The van der Waals surface area contributed by atoms with Gasteiger partial charge in [0.1, 0.15) is 17.4 Å². The van der Waals surface area contributed by atoms with Crippen LogP contribution in [0.1, 0.15) is 15.9 Å². The van der Waals surface area contributed by atoms with Gasteiger partial charge in [-0.25, -0.2) is 9.97 Å². The summed E-state index contributed by atoms with van der Waals surface area (Å²) >= 11 is 12.2. The maximum absolute atomic E-state index is 13.0. The molecule has 2 heterocycles. The van der Waals surface area contributed by atoms with E-state index >= 15 is 0 Å². The fraction of sp³-hybridized carbons (Fsp3) is 0. The number of phenolic OH excluding ortho intramolecular Hbond substituents is 1. The van der Waals surface area contributed by atoms with Crippen LogP contribution in [-0.4, -0.2) is 20.9 Å². The van der Waals surface area contributed by atoms with E-state index < -0.39 is 0 Å². The van der Waals surface area contributed by atoms with Crippen LogP contribution in [0.25, 0.3) is 6.08 Å². The van der Waals surface area contributed by atoms with Crippen molar-refractivity contribution in [2.24, 2.45) is 0 Å². The first kappa shape index (κ1) is 22.3. The lowest BCUT2D eigenvalue weighted by atomic mass is 10.1. The summed E-state index contributed by atoms with van der Waals surface area (Å²) in [5.41, 5.74) is 2.45. The van der Waals surface area contributed by atoms with Gasteiger partial charge in [0.15, 0.2) is 5.78 Å². The van der Waals surface area contributed by atoms with Crippen LogP contribution >= 0.6 is 23.2 Å². The van der Waals surface area contributed by atoms with Crippen molar-refractivity contribution in [3.05, 3.63) is 106 Å². The lowest BCUT2D eigenvalue weighted by molar-refractivity contribution is 0.104. The number of nitrogens with zero attached hydrogens (tertiary/aromatic N) is 2. The maximum Gasteiger partial charge on any atom is 0.189 e. The van der Waals surface area contributed by atoms with Crippen molar-refractivity contribution in [1.82, 2.24) is 9.97 Å². The molecular weight excluding hydrogens is 459 g/mol. The highest BCUT2D eigenvalue weighted by Crippen LogP contribution is 2.29. The number of nitrogens with one attached hydrogen (secondary N) is 2. The van der Waals surface area contributed by atoms with E-state index in [4.69, 9.17) is 23.2 Å². The highest BCUT2D eigenvalue weighted by Gasteiger charge is 2.11. The molecule has 8 heteroatoms. The predicted octanol–water partition coefficient (Wildman–Crippen LogP) is 6.87. The molecular formula is C25H18Cl2N4O2. The van der Waals surface area contributed by atoms with E-state index in [0.29, 0.717) is 44.2 Å². The lowest BCUT2D eigenvalue weighted by Crippen LogP contribution is -2.03. The fourth-order valence-corrected chi connectivity index (χ4v) is 3.47. The summed E-state index contributed by atoms with van der Waals surface area (Å²) in [6, 6.07) is 18.6. The zero-order valence-corrected chi connectivity index (χ0v) is 18.7. The molecule has 2 aromatic heterocycles. The molecule has 2 aromatic carbocycles. The largest absolute Gasteiger partial charge is 0.508 e. The first-order valence-electron chi connectivity index (χ1n) is 9.90. The average molecular weight is 477 g/mol. The summed E-state index contributed by atoms with van der Waals surface area (Å²) in [5, 5.41) is 16.7. The zero-order chi connectivity index (χ0) is 23.2. The number of aromatic nitrogens is 2. The first-order valence-corrected chi connectivity index (χ1v) is 10.7. The predicted molar refractivity (Wildman–Crippen MR) is 133 cm³/mol. The molecule has 0 aliphatic carbocycles. The quantitative estimate of drug-likeness (QED) is 0.153. The number of halogens is 2. The molecule has 164 valence electrons. The van der Waals surface area contributed by atoms with E-state index in [1.165, 1.54) is 6.08 Å². The van der Waals surface area contributed by atoms with Crippen LogP contribution in [0.2, 0.25) is 10.0 Å². The molecule has 0 aliphatic heterocycles. The second-order valence-corrected chi connectivity index (χ2v) is 7.80. The Bertz CT molecular complexity index is 1320. The Balaban J connectivity index is 1.56. The minimum Gasteiger partial charge on any atom is -0.508 e. The van der Waals surface area contributed by atoms with Crippen molar-refractivity contribution in [3.8, 4) is 5.75 Å². The second-order valence-electron chi connectivity index (χ2n) is 6.96. The number of anilines is 4. The van der Waals surface area contributed by atoms with Gasteiger partial charge in [0.05, 0.1) is 16.3 Å². The number of rotatable bonds is 7. The molecule has 0 atom stereocenters. The van der Waals surface area contributed by atoms with Gasteiger partial charge in [-0.3, -0.25) is 4.79 Å². The molecule has 0 spiro atoms. The highest BCUT2D eigenvalue weighted by atomic mass is 35.5. The van der Waals surface area contributed by atoms with Crippen LogP contribution in [-0.2, 0) is 0 Å². The number of carbonyl (C=O) groups excluding carboxylic acids is 1. The number of carbonyl (C=O) groups is 1. The van der Waals surface area contributed by atoms with Crippen molar-refractivity contribution < 1.29 is 9.90 Å². The Morgan fingerprint density at radius 2 is 1.61 bits per heavy atom. The number of phenols is 1. The Kier molecular flexibility index (Phi) is 6.88. The molecule has 33 heavy (non-hydrogen) atoms. The van der Waals surface area contributed by atoms with E-state index in [-0.39, 0.29) is 11.5 Å². The monoisotopic (exact) mass is 476 g/mol. The van der Waals surface area contributed by atoms with Crippen molar-refractivity contribution in [2.45, 2.75) is 0 Å². The fourth-order valence-electron chi connectivity index (χ4n) is 3.02. The number of pyridine rings is 2. The third-order valence-electron chi connectivity index (χ3n) is 4.64. The van der Waals surface area contributed by atoms with Gasteiger partial charge in [0, 0.05) is 28.7 Å².